The van der Waals surface area contributed by atoms with Gasteiger partial charge in [0.1, 0.15) is 6.10 Å². The average molecular weight is 406 g/mol. The lowest BCUT2D eigenvalue weighted by Crippen LogP contribution is -2.45. The van der Waals surface area contributed by atoms with Crippen LogP contribution in [0, 0.1) is 0 Å². The van der Waals surface area contributed by atoms with Crippen LogP contribution in [-0.4, -0.2) is 50.0 Å². The number of nitrogens with zero attached hydrogens (tertiary/aromatic N) is 1. The van der Waals surface area contributed by atoms with Gasteiger partial charge in [-0.15, -0.1) is 24.8 Å². The maximum Gasteiger partial charge on any atom is 0.253 e. The number of morpholine rings is 1. The highest BCUT2D eigenvalue weighted by Gasteiger charge is 2.31. The lowest BCUT2D eigenvalue weighted by molar-refractivity contribution is -0.126. The van der Waals surface area contributed by atoms with Crippen molar-refractivity contribution in [1.82, 2.24) is 0 Å². The number of para-hydroxylation sites is 2. The van der Waals surface area contributed by atoms with E-state index in [1.165, 1.54) is 0 Å². The fourth-order valence-electron chi connectivity index (χ4n) is 3.51. The molecule has 1 amide bonds. The van der Waals surface area contributed by atoms with Crippen LogP contribution in [-0.2, 0) is 14.3 Å². The van der Waals surface area contributed by atoms with E-state index >= 15 is 0 Å². The van der Waals surface area contributed by atoms with E-state index in [1.54, 1.807) is 0 Å². The van der Waals surface area contributed by atoms with Crippen LogP contribution in [0.1, 0.15) is 26.7 Å². The van der Waals surface area contributed by atoms with Gasteiger partial charge in [-0.25, -0.2) is 0 Å². The molecular formula is C18H29Cl2N3O3. The minimum atomic E-state index is -0.408. The Hall–Kier alpha value is -1.05. The minimum absolute atomic E-state index is 0. The third-order valence-electron chi connectivity index (χ3n) is 4.59. The summed E-state index contributed by atoms with van der Waals surface area (Å²) in [6, 6.07) is 7.91. The Morgan fingerprint density at radius 1 is 1.15 bits per heavy atom. The van der Waals surface area contributed by atoms with Crippen LogP contribution in [0.15, 0.2) is 24.3 Å². The van der Waals surface area contributed by atoms with Crippen molar-refractivity contribution in [2.24, 2.45) is 5.73 Å². The second kappa shape index (κ2) is 10.3. The molecule has 2 fully saturated rings. The van der Waals surface area contributed by atoms with Gasteiger partial charge in [0, 0.05) is 19.6 Å². The molecule has 6 nitrogen and oxygen atoms in total. The SMILES string of the molecule is CC1CN(c2ccccc2NC(=O)[C@@H]2CC[C@H](CN)O2)CC(C)O1.Cl.Cl. The Bertz CT molecular complexity index is 581. The number of halogens is 2. The molecule has 4 atom stereocenters. The largest absolute Gasteiger partial charge is 0.372 e. The number of amides is 1. The van der Waals surface area contributed by atoms with Crippen molar-refractivity contribution < 1.29 is 14.3 Å². The van der Waals surface area contributed by atoms with E-state index in [2.05, 4.69) is 24.1 Å². The van der Waals surface area contributed by atoms with Gasteiger partial charge in [-0.05, 0) is 38.8 Å². The molecule has 0 spiro atoms. The number of carbonyl (C=O) groups is 1. The second-order valence-electron chi connectivity index (χ2n) is 6.73. The molecule has 8 heteroatoms. The Balaban J connectivity index is 0.00000169. The van der Waals surface area contributed by atoms with Crippen LogP contribution < -0.4 is 16.0 Å². The van der Waals surface area contributed by atoms with Crippen LogP contribution in [0.4, 0.5) is 11.4 Å². The molecule has 2 aliphatic rings. The molecule has 1 aromatic rings. The normalized spacial score (nSPS) is 28.0. The first-order chi connectivity index (χ1) is 11.6. The summed E-state index contributed by atoms with van der Waals surface area (Å²) >= 11 is 0. The molecule has 3 N–H and O–H groups in total. The highest BCUT2D eigenvalue weighted by Crippen LogP contribution is 2.29. The molecule has 2 saturated heterocycles. The van der Waals surface area contributed by atoms with Crippen molar-refractivity contribution in [2.45, 2.75) is 51.1 Å². The first kappa shape index (κ1) is 23.0. The lowest BCUT2D eigenvalue weighted by Gasteiger charge is -2.37. The Morgan fingerprint density at radius 2 is 1.81 bits per heavy atom. The molecule has 1 aromatic carbocycles. The van der Waals surface area contributed by atoms with Gasteiger partial charge in [0.15, 0.2) is 0 Å². The fraction of sp³-hybridized carbons (Fsp3) is 0.611. The highest BCUT2D eigenvalue weighted by atomic mass is 35.5. The zero-order valence-corrected chi connectivity index (χ0v) is 16.9. The fourth-order valence-corrected chi connectivity index (χ4v) is 3.51. The van der Waals surface area contributed by atoms with Crippen LogP contribution in [0.5, 0.6) is 0 Å². The van der Waals surface area contributed by atoms with E-state index in [9.17, 15) is 4.79 Å². The van der Waals surface area contributed by atoms with Gasteiger partial charge in [-0.1, -0.05) is 12.1 Å². The number of rotatable bonds is 4. The quantitative estimate of drug-likeness (QED) is 0.804. The molecule has 2 heterocycles. The number of ether oxygens (including phenoxy) is 2. The number of nitrogens with one attached hydrogen (secondary N) is 1. The van der Waals surface area contributed by atoms with Crippen LogP contribution in [0.2, 0.25) is 0 Å². The summed E-state index contributed by atoms with van der Waals surface area (Å²) in [5.74, 6) is -0.0900. The Morgan fingerprint density at radius 3 is 2.42 bits per heavy atom. The van der Waals surface area contributed by atoms with E-state index in [0.717, 1.165) is 37.3 Å². The number of anilines is 2. The summed E-state index contributed by atoms with van der Waals surface area (Å²) in [7, 11) is 0. The summed E-state index contributed by atoms with van der Waals surface area (Å²) in [5, 5.41) is 3.04. The Labute approximate surface area is 167 Å². The molecule has 0 radical (unpaired) electrons. The molecule has 3 rings (SSSR count). The average Bonchev–Trinajstić information content (AvgIpc) is 3.03. The highest BCUT2D eigenvalue weighted by molar-refractivity contribution is 5.97. The van der Waals surface area contributed by atoms with E-state index < -0.39 is 6.10 Å². The molecule has 26 heavy (non-hydrogen) atoms. The maximum absolute atomic E-state index is 12.5. The smallest absolute Gasteiger partial charge is 0.253 e. The van der Waals surface area contributed by atoms with Crippen molar-refractivity contribution in [3.8, 4) is 0 Å². The summed E-state index contributed by atoms with van der Waals surface area (Å²) < 4.78 is 11.5. The third-order valence-corrected chi connectivity index (χ3v) is 4.59. The van der Waals surface area contributed by atoms with Gasteiger partial charge in [-0.2, -0.15) is 0 Å². The van der Waals surface area contributed by atoms with E-state index in [1.807, 2.05) is 24.3 Å². The predicted octanol–water partition coefficient (Wildman–Crippen LogP) is 2.59. The van der Waals surface area contributed by atoms with Crippen LogP contribution in [0.25, 0.3) is 0 Å². The topological polar surface area (TPSA) is 76.8 Å². The van der Waals surface area contributed by atoms with Gasteiger partial charge in [0.25, 0.3) is 5.91 Å². The summed E-state index contributed by atoms with van der Waals surface area (Å²) in [5.41, 5.74) is 7.47. The number of benzene rings is 1. The summed E-state index contributed by atoms with van der Waals surface area (Å²) in [6.45, 7) is 6.23. The summed E-state index contributed by atoms with van der Waals surface area (Å²) in [4.78, 5) is 14.8. The van der Waals surface area contributed by atoms with E-state index in [4.69, 9.17) is 15.2 Å². The molecule has 0 bridgehead atoms. The first-order valence-corrected chi connectivity index (χ1v) is 8.72. The lowest BCUT2D eigenvalue weighted by atomic mass is 10.1. The van der Waals surface area contributed by atoms with Crippen LogP contribution >= 0.6 is 24.8 Å². The van der Waals surface area contributed by atoms with Gasteiger partial charge in [0.2, 0.25) is 0 Å². The maximum atomic E-state index is 12.5. The molecular weight excluding hydrogens is 377 g/mol. The van der Waals surface area contributed by atoms with Gasteiger partial charge in [0.05, 0.1) is 29.7 Å². The number of carbonyl (C=O) groups excluding carboxylic acids is 1. The number of hydrogen-bond acceptors (Lipinski definition) is 5. The standard InChI is InChI=1S/C18H27N3O3.2ClH/c1-12-10-21(11-13(2)23-12)16-6-4-3-5-15(16)20-18(22)17-8-7-14(9-19)24-17;;/h3-6,12-14,17H,7-11,19H2,1-2H3,(H,20,22);2*1H/t12?,13?,14-,17+;;/m1../s1. The zero-order chi connectivity index (χ0) is 17.1. The molecule has 0 aliphatic carbocycles. The van der Waals surface area contributed by atoms with Crippen molar-refractivity contribution in [3.05, 3.63) is 24.3 Å². The van der Waals surface area contributed by atoms with Crippen LogP contribution in [0.3, 0.4) is 0 Å². The minimum Gasteiger partial charge on any atom is -0.372 e. The number of hydrogen-bond donors (Lipinski definition) is 2. The van der Waals surface area contributed by atoms with Crippen molar-refractivity contribution in [3.63, 3.8) is 0 Å². The van der Waals surface area contributed by atoms with Gasteiger partial charge in [-0.3, -0.25) is 4.79 Å². The van der Waals surface area contributed by atoms with Crippen molar-refractivity contribution >= 4 is 42.1 Å². The van der Waals surface area contributed by atoms with Gasteiger partial charge < -0.3 is 25.4 Å². The van der Waals surface area contributed by atoms with E-state index in [0.29, 0.717) is 6.54 Å². The monoisotopic (exact) mass is 405 g/mol. The molecule has 2 unspecified atom stereocenters. The zero-order valence-electron chi connectivity index (χ0n) is 15.2. The third kappa shape index (κ3) is 5.47. The predicted molar refractivity (Wildman–Crippen MR) is 109 cm³/mol. The van der Waals surface area contributed by atoms with Gasteiger partial charge >= 0.3 is 0 Å². The first-order valence-electron chi connectivity index (χ1n) is 8.72. The second-order valence-corrected chi connectivity index (χ2v) is 6.73. The van der Waals surface area contributed by atoms with Crippen molar-refractivity contribution in [2.75, 3.05) is 29.9 Å². The molecule has 0 aromatic heterocycles. The molecule has 148 valence electrons. The Kier molecular flexibility index (Phi) is 9.13. The van der Waals surface area contributed by atoms with E-state index in [-0.39, 0.29) is 49.0 Å². The molecule has 0 saturated carbocycles. The summed E-state index contributed by atoms with van der Waals surface area (Å²) in [6.07, 6.45) is 1.49. The number of nitrogens with two attached hydrogens (primary N) is 1. The van der Waals surface area contributed by atoms with Crippen molar-refractivity contribution in [1.29, 1.82) is 0 Å². The molecule has 2 aliphatic heterocycles.